The zero-order valence-corrected chi connectivity index (χ0v) is 9.97. The maximum Gasteiger partial charge on any atom is 0.0320 e. The van der Waals surface area contributed by atoms with Crippen LogP contribution in [-0.4, -0.2) is 6.54 Å². The molecule has 1 N–H and O–H groups in total. The van der Waals surface area contributed by atoms with Crippen molar-refractivity contribution in [3.05, 3.63) is 34.9 Å². The van der Waals surface area contributed by atoms with Crippen LogP contribution in [0.5, 0.6) is 0 Å². The number of hydrogen-bond donors (Lipinski definition) is 1. The second kappa shape index (κ2) is 4.58. The second-order valence-corrected chi connectivity index (χ2v) is 5.24. The number of benzene rings is 1. The van der Waals surface area contributed by atoms with Crippen molar-refractivity contribution in [3.8, 4) is 0 Å². The molecule has 1 heterocycles. The molecule has 16 heavy (non-hydrogen) atoms. The Morgan fingerprint density at radius 1 is 0.938 bits per heavy atom. The largest absolute Gasteiger partial charge is 0.310 e. The Kier molecular flexibility index (Phi) is 2.96. The molecule has 1 aliphatic carbocycles. The number of rotatable bonds is 1. The molecule has 0 radical (unpaired) electrons. The molecule has 0 spiro atoms. The molecule has 1 unspecified atom stereocenters. The maximum absolute atomic E-state index is 3.69. The van der Waals surface area contributed by atoms with Crippen molar-refractivity contribution in [2.24, 2.45) is 0 Å². The van der Waals surface area contributed by atoms with E-state index >= 15 is 0 Å². The van der Waals surface area contributed by atoms with Crippen LogP contribution in [0.3, 0.4) is 0 Å². The zero-order valence-electron chi connectivity index (χ0n) is 9.97. The molecular formula is C15H21N. The van der Waals surface area contributed by atoms with E-state index in [1.54, 1.807) is 11.1 Å². The second-order valence-electron chi connectivity index (χ2n) is 5.24. The van der Waals surface area contributed by atoms with Crippen LogP contribution in [0.2, 0.25) is 0 Å². The van der Waals surface area contributed by atoms with Gasteiger partial charge >= 0.3 is 0 Å². The molecule has 1 saturated heterocycles. The Hall–Kier alpha value is -0.820. The first-order chi connectivity index (χ1) is 7.93. The predicted octanol–water partition coefficient (Wildman–Crippen LogP) is 3.38. The predicted molar refractivity (Wildman–Crippen MR) is 67.7 cm³/mol. The summed E-state index contributed by atoms with van der Waals surface area (Å²) in [4.78, 5) is 0. The maximum atomic E-state index is 3.69. The quantitative estimate of drug-likeness (QED) is 0.757. The van der Waals surface area contributed by atoms with Gasteiger partial charge in [-0.25, -0.2) is 0 Å². The summed E-state index contributed by atoms with van der Waals surface area (Å²) in [7, 11) is 0. The Bertz CT molecular complexity index is 362. The van der Waals surface area contributed by atoms with E-state index in [4.69, 9.17) is 0 Å². The highest BCUT2D eigenvalue weighted by molar-refractivity contribution is 5.36. The molecule has 3 rings (SSSR count). The third kappa shape index (κ3) is 2.01. The van der Waals surface area contributed by atoms with Crippen LogP contribution in [0, 0.1) is 0 Å². The van der Waals surface area contributed by atoms with Gasteiger partial charge in [0.2, 0.25) is 0 Å². The van der Waals surface area contributed by atoms with E-state index in [0.29, 0.717) is 6.04 Å². The van der Waals surface area contributed by atoms with Crippen molar-refractivity contribution in [1.29, 1.82) is 0 Å². The van der Waals surface area contributed by atoms with E-state index in [0.717, 1.165) is 0 Å². The Morgan fingerprint density at radius 2 is 1.88 bits per heavy atom. The summed E-state index contributed by atoms with van der Waals surface area (Å²) < 4.78 is 0. The normalized spacial score (nSPS) is 25.1. The fraction of sp³-hybridized carbons (Fsp3) is 0.600. The van der Waals surface area contributed by atoms with Crippen LogP contribution in [0.15, 0.2) is 18.2 Å². The van der Waals surface area contributed by atoms with E-state index in [2.05, 4.69) is 23.5 Å². The topological polar surface area (TPSA) is 12.0 Å². The first kappa shape index (κ1) is 10.3. The highest BCUT2D eigenvalue weighted by Crippen LogP contribution is 2.28. The third-order valence-corrected chi connectivity index (χ3v) is 4.09. The fourth-order valence-electron chi connectivity index (χ4n) is 3.12. The minimum absolute atomic E-state index is 0.619. The van der Waals surface area contributed by atoms with Gasteiger partial charge in [0, 0.05) is 6.04 Å². The van der Waals surface area contributed by atoms with Crippen LogP contribution >= 0.6 is 0 Å². The van der Waals surface area contributed by atoms with Crippen molar-refractivity contribution in [1.82, 2.24) is 5.32 Å². The van der Waals surface area contributed by atoms with Crippen LogP contribution in [0.1, 0.15) is 54.8 Å². The lowest BCUT2D eigenvalue weighted by Gasteiger charge is -2.17. The smallest absolute Gasteiger partial charge is 0.0320 e. The molecule has 1 aromatic carbocycles. The number of fused-ring (bicyclic) bond motifs is 1. The fourth-order valence-corrected chi connectivity index (χ4v) is 3.12. The van der Waals surface area contributed by atoms with Gasteiger partial charge in [0.1, 0.15) is 0 Å². The highest BCUT2D eigenvalue weighted by atomic mass is 14.9. The first-order valence-corrected chi connectivity index (χ1v) is 6.78. The summed E-state index contributed by atoms with van der Waals surface area (Å²) in [5.41, 5.74) is 4.74. The van der Waals surface area contributed by atoms with Gasteiger partial charge < -0.3 is 5.32 Å². The molecule has 0 aromatic heterocycles. The van der Waals surface area contributed by atoms with Crippen molar-refractivity contribution in [3.63, 3.8) is 0 Å². The highest BCUT2D eigenvalue weighted by Gasteiger charge is 2.16. The van der Waals surface area contributed by atoms with E-state index in [9.17, 15) is 0 Å². The summed E-state index contributed by atoms with van der Waals surface area (Å²) in [6, 6.07) is 7.80. The molecule has 1 nitrogen and oxygen atoms in total. The Morgan fingerprint density at radius 3 is 2.88 bits per heavy atom. The van der Waals surface area contributed by atoms with Crippen molar-refractivity contribution in [2.75, 3.05) is 6.54 Å². The zero-order chi connectivity index (χ0) is 10.8. The van der Waals surface area contributed by atoms with Crippen LogP contribution in [0.25, 0.3) is 0 Å². The van der Waals surface area contributed by atoms with Crippen LogP contribution in [-0.2, 0) is 12.8 Å². The lowest BCUT2D eigenvalue weighted by atomic mass is 9.98. The molecule has 1 aromatic rings. The summed E-state index contributed by atoms with van der Waals surface area (Å²) in [5, 5.41) is 3.69. The monoisotopic (exact) mass is 215 g/mol. The van der Waals surface area contributed by atoms with Crippen LogP contribution in [0.4, 0.5) is 0 Å². The van der Waals surface area contributed by atoms with Crippen LogP contribution < -0.4 is 5.32 Å². The molecule has 86 valence electrons. The standard InChI is InChI=1S/C15H21N/c1-2-7-15(16-10-3-1)14-9-8-12-5-4-6-13(12)11-14/h8-9,11,15-16H,1-7,10H2. The molecule has 2 aliphatic rings. The van der Waals surface area contributed by atoms with Gasteiger partial charge in [0.25, 0.3) is 0 Å². The van der Waals surface area contributed by atoms with Gasteiger partial charge in [-0.1, -0.05) is 31.0 Å². The van der Waals surface area contributed by atoms with E-state index < -0.39 is 0 Å². The van der Waals surface area contributed by atoms with E-state index in [1.165, 1.54) is 57.1 Å². The minimum atomic E-state index is 0.619. The molecule has 1 atom stereocenters. The summed E-state index contributed by atoms with van der Waals surface area (Å²) in [5.74, 6) is 0. The Labute approximate surface area is 98.3 Å². The molecule has 0 saturated carbocycles. The molecule has 0 bridgehead atoms. The van der Waals surface area contributed by atoms with Gasteiger partial charge in [0.15, 0.2) is 0 Å². The summed E-state index contributed by atoms with van der Waals surface area (Å²) in [6.07, 6.45) is 9.41. The van der Waals surface area contributed by atoms with Crippen molar-refractivity contribution < 1.29 is 0 Å². The lowest BCUT2D eigenvalue weighted by molar-refractivity contribution is 0.534. The minimum Gasteiger partial charge on any atom is -0.310 e. The van der Waals surface area contributed by atoms with Crippen molar-refractivity contribution >= 4 is 0 Å². The van der Waals surface area contributed by atoms with Gasteiger partial charge in [-0.2, -0.15) is 0 Å². The number of hydrogen-bond acceptors (Lipinski definition) is 1. The van der Waals surface area contributed by atoms with E-state index in [-0.39, 0.29) is 0 Å². The molecular weight excluding hydrogens is 194 g/mol. The first-order valence-electron chi connectivity index (χ1n) is 6.78. The average Bonchev–Trinajstić information content (AvgIpc) is 2.61. The van der Waals surface area contributed by atoms with Crippen molar-refractivity contribution in [2.45, 2.75) is 51.0 Å². The lowest BCUT2D eigenvalue weighted by Crippen LogP contribution is -2.20. The van der Waals surface area contributed by atoms with Gasteiger partial charge in [0.05, 0.1) is 0 Å². The molecule has 1 aliphatic heterocycles. The Balaban J connectivity index is 1.82. The molecule has 1 fully saturated rings. The number of aryl methyl sites for hydroxylation is 2. The van der Waals surface area contributed by atoms with Gasteiger partial charge in [-0.15, -0.1) is 0 Å². The number of nitrogens with one attached hydrogen (secondary N) is 1. The SMILES string of the molecule is c1cc2c(cc1C1CCCCCN1)CCC2. The van der Waals surface area contributed by atoms with Gasteiger partial charge in [-0.05, 0) is 55.3 Å². The average molecular weight is 215 g/mol. The third-order valence-electron chi connectivity index (χ3n) is 4.09. The van der Waals surface area contributed by atoms with E-state index in [1.807, 2.05) is 0 Å². The summed E-state index contributed by atoms with van der Waals surface area (Å²) in [6.45, 7) is 1.20. The molecule has 0 amide bonds. The van der Waals surface area contributed by atoms with Gasteiger partial charge in [-0.3, -0.25) is 0 Å². The summed E-state index contributed by atoms with van der Waals surface area (Å²) >= 11 is 0. The molecule has 1 heteroatoms.